The maximum atomic E-state index is 3.76. The average molecular weight is 222 g/mol. The molecule has 3 unspecified atom stereocenters. The van der Waals surface area contributed by atoms with Crippen LogP contribution in [0.25, 0.3) is 0 Å². The van der Waals surface area contributed by atoms with Crippen LogP contribution in [0.15, 0.2) is 0 Å². The van der Waals surface area contributed by atoms with E-state index in [-0.39, 0.29) is 0 Å². The minimum atomic E-state index is 0.672. The molecule has 0 spiro atoms. The molecule has 3 rings (SSSR count). The summed E-state index contributed by atoms with van der Waals surface area (Å²) in [6.07, 6.45) is 7.18. The first-order chi connectivity index (χ1) is 7.70. The number of hydrogen-bond donors (Lipinski definition) is 2. The summed E-state index contributed by atoms with van der Waals surface area (Å²) in [5.74, 6) is 1.78. The largest absolute Gasteiger partial charge is 0.316 e. The first-order valence-electron chi connectivity index (χ1n) is 7.16. The monoisotopic (exact) mass is 222 g/mol. The van der Waals surface area contributed by atoms with Crippen LogP contribution >= 0.6 is 0 Å². The van der Waals surface area contributed by atoms with E-state index in [0.717, 1.165) is 23.9 Å². The molecule has 1 saturated carbocycles. The SMILES string of the molecule is CC(C)C1(CNCC2CC3CCC2N3)CC1. The fourth-order valence-corrected chi connectivity index (χ4v) is 3.79. The zero-order valence-corrected chi connectivity index (χ0v) is 10.8. The Morgan fingerprint density at radius 1 is 1.31 bits per heavy atom. The number of nitrogens with one attached hydrogen (secondary N) is 2. The van der Waals surface area contributed by atoms with Crippen LogP contribution in [0.2, 0.25) is 0 Å². The molecular weight excluding hydrogens is 196 g/mol. The molecule has 0 radical (unpaired) electrons. The Balaban J connectivity index is 1.41. The summed E-state index contributed by atoms with van der Waals surface area (Å²) in [4.78, 5) is 0. The maximum Gasteiger partial charge on any atom is 0.0111 e. The van der Waals surface area contributed by atoms with Gasteiger partial charge in [0, 0.05) is 18.6 Å². The quantitative estimate of drug-likeness (QED) is 0.745. The predicted octanol–water partition coefficient (Wildman–Crippen LogP) is 2.15. The van der Waals surface area contributed by atoms with E-state index in [1.165, 1.54) is 45.2 Å². The van der Waals surface area contributed by atoms with Crippen molar-refractivity contribution in [3.63, 3.8) is 0 Å². The lowest BCUT2D eigenvalue weighted by Gasteiger charge is -2.24. The normalized spacial score (nSPS) is 39.6. The summed E-state index contributed by atoms with van der Waals surface area (Å²) in [7, 11) is 0. The van der Waals surface area contributed by atoms with Crippen LogP contribution in [0.3, 0.4) is 0 Å². The fourth-order valence-electron chi connectivity index (χ4n) is 3.79. The summed E-state index contributed by atoms with van der Waals surface area (Å²) in [6, 6.07) is 1.70. The molecule has 0 amide bonds. The molecule has 16 heavy (non-hydrogen) atoms. The van der Waals surface area contributed by atoms with Crippen molar-refractivity contribution >= 4 is 0 Å². The lowest BCUT2D eigenvalue weighted by atomic mass is 9.88. The second-order valence-electron chi connectivity index (χ2n) is 6.69. The van der Waals surface area contributed by atoms with E-state index in [2.05, 4.69) is 24.5 Å². The highest BCUT2D eigenvalue weighted by molar-refractivity contribution is 5.00. The van der Waals surface area contributed by atoms with E-state index in [0.29, 0.717) is 5.41 Å². The third kappa shape index (κ3) is 1.91. The molecule has 2 nitrogen and oxygen atoms in total. The molecule has 2 N–H and O–H groups in total. The minimum absolute atomic E-state index is 0.672. The Labute approximate surface area is 99.6 Å². The van der Waals surface area contributed by atoms with Crippen LogP contribution in [0.5, 0.6) is 0 Å². The predicted molar refractivity (Wildman–Crippen MR) is 67.4 cm³/mol. The van der Waals surface area contributed by atoms with Crippen molar-refractivity contribution in [1.29, 1.82) is 0 Å². The van der Waals surface area contributed by atoms with Gasteiger partial charge in [0.05, 0.1) is 0 Å². The second-order valence-corrected chi connectivity index (χ2v) is 6.69. The van der Waals surface area contributed by atoms with Crippen molar-refractivity contribution in [1.82, 2.24) is 10.6 Å². The summed E-state index contributed by atoms with van der Waals surface area (Å²) in [5.41, 5.74) is 0.672. The van der Waals surface area contributed by atoms with Gasteiger partial charge in [-0.3, -0.25) is 0 Å². The summed E-state index contributed by atoms with van der Waals surface area (Å²) >= 11 is 0. The lowest BCUT2D eigenvalue weighted by molar-refractivity contribution is 0.311. The van der Waals surface area contributed by atoms with Crippen LogP contribution in [0, 0.1) is 17.3 Å². The van der Waals surface area contributed by atoms with Crippen LogP contribution in [-0.4, -0.2) is 25.2 Å². The zero-order chi connectivity index (χ0) is 11.2. The topological polar surface area (TPSA) is 24.1 Å². The van der Waals surface area contributed by atoms with Gasteiger partial charge in [0.25, 0.3) is 0 Å². The molecule has 3 aliphatic rings. The Morgan fingerprint density at radius 2 is 2.12 bits per heavy atom. The molecule has 3 fully saturated rings. The van der Waals surface area contributed by atoms with Crippen molar-refractivity contribution in [2.75, 3.05) is 13.1 Å². The molecule has 2 bridgehead atoms. The summed E-state index contributed by atoms with van der Waals surface area (Å²) in [6.45, 7) is 7.28. The van der Waals surface area contributed by atoms with Gasteiger partial charge in [0.2, 0.25) is 0 Å². The van der Waals surface area contributed by atoms with E-state index < -0.39 is 0 Å². The van der Waals surface area contributed by atoms with Crippen molar-refractivity contribution in [2.45, 2.75) is 58.0 Å². The van der Waals surface area contributed by atoms with E-state index in [1.807, 2.05) is 0 Å². The van der Waals surface area contributed by atoms with Gasteiger partial charge in [-0.2, -0.15) is 0 Å². The third-order valence-corrected chi connectivity index (χ3v) is 5.43. The average Bonchev–Trinajstić information content (AvgIpc) is 2.77. The van der Waals surface area contributed by atoms with Crippen molar-refractivity contribution < 1.29 is 0 Å². The first-order valence-corrected chi connectivity index (χ1v) is 7.16. The summed E-state index contributed by atoms with van der Waals surface area (Å²) < 4.78 is 0. The van der Waals surface area contributed by atoms with Crippen LogP contribution < -0.4 is 10.6 Å². The van der Waals surface area contributed by atoms with Gasteiger partial charge >= 0.3 is 0 Å². The van der Waals surface area contributed by atoms with E-state index in [1.54, 1.807) is 0 Å². The van der Waals surface area contributed by atoms with Crippen molar-refractivity contribution in [3.05, 3.63) is 0 Å². The molecule has 92 valence electrons. The number of hydrogen-bond acceptors (Lipinski definition) is 2. The van der Waals surface area contributed by atoms with Crippen molar-refractivity contribution in [3.8, 4) is 0 Å². The fraction of sp³-hybridized carbons (Fsp3) is 1.00. The standard InChI is InChI=1S/C14H26N2/c1-10(2)14(5-6-14)9-15-8-11-7-12-3-4-13(11)16-12/h10-13,15-16H,3-9H2,1-2H3. The summed E-state index contributed by atoms with van der Waals surface area (Å²) in [5, 5.41) is 7.48. The van der Waals surface area contributed by atoms with E-state index >= 15 is 0 Å². The van der Waals surface area contributed by atoms with Gasteiger partial charge < -0.3 is 10.6 Å². The minimum Gasteiger partial charge on any atom is -0.316 e. The van der Waals surface area contributed by atoms with Gasteiger partial charge in [-0.15, -0.1) is 0 Å². The van der Waals surface area contributed by atoms with Gasteiger partial charge in [0.1, 0.15) is 0 Å². The smallest absolute Gasteiger partial charge is 0.0111 e. The highest BCUT2D eigenvalue weighted by atomic mass is 15.0. The third-order valence-electron chi connectivity index (χ3n) is 5.43. The molecule has 2 saturated heterocycles. The van der Waals surface area contributed by atoms with E-state index in [9.17, 15) is 0 Å². The Hall–Kier alpha value is -0.0800. The van der Waals surface area contributed by atoms with Crippen LogP contribution in [0.4, 0.5) is 0 Å². The van der Waals surface area contributed by atoms with E-state index in [4.69, 9.17) is 0 Å². The Kier molecular flexibility index (Phi) is 2.75. The number of fused-ring (bicyclic) bond motifs is 2. The molecule has 0 aromatic rings. The van der Waals surface area contributed by atoms with Crippen molar-refractivity contribution in [2.24, 2.45) is 17.3 Å². The molecule has 2 aliphatic heterocycles. The molecule has 0 aromatic carbocycles. The second kappa shape index (κ2) is 3.99. The van der Waals surface area contributed by atoms with Crippen LogP contribution in [-0.2, 0) is 0 Å². The Bertz CT molecular complexity index is 257. The van der Waals surface area contributed by atoms with Crippen LogP contribution in [0.1, 0.15) is 46.0 Å². The Morgan fingerprint density at radius 3 is 2.62 bits per heavy atom. The highest BCUT2D eigenvalue weighted by Crippen LogP contribution is 2.51. The molecule has 3 atom stereocenters. The molecular formula is C14H26N2. The molecule has 0 aromatic heterocycles. The first kappa shape index (κ1) is 11.0. The molecule has 2 heteroatoms. The highest BCUT2D eigenvalue weighted by Gasteiger charge is 2.45. The molecule has 1 aliphatic carbocycles. The van der Waals surface area contributed by atoms with Gasteiger partial charge in [-0.25, -0.2) is 0 Å². The maximum absolute atomic E-state index is 3.76. The van der Waals surface area contributed by atoms with Gasteiger partial charge in [0.15, 0.2) is 0 Å². The molecule has 2 heterocycles. The van der Waals surface area contributed by atoms with Gasteiger partial charge in [-0.05, 0) is 55.9 Å². The number of rotatable bonds is 5. The lowest BCUT2D eigenvalue weighted by Crippen LogP contribution is -2.35. The van der Waals surface area contributed by atoms with Gasteiger partial charge in [-0.1, -0.05) is 13.8 Å². The zero-order valence-electron chi connectivity index (χ0n) is 10.8.